The minimum Gasteiger partial charge on any atom is -0.381 e. The largest absolute Gasteiger partial charge is 0.381 e. The molecule has 1 aliphatic heterocycles. The molecule has 0 N–H and O–H groups in total. The van der Waals surface area contributed by atoms with Crippen molar-refractivity contribution in [3.05, 3.63) is 47.8 Å². The molecule has 0 radical (unpaired) electrons. The number of amides is 1. The SMILES string of the molecule is CN(CCC1CCOCC1)C(=O)c1cn(CCc2ccccc2)nn1. The van der Waals surface area contributed by atoms with E-state index in [1.807, 2.05) is 25.2 Å². The van der Waals surface area contributed by atoms with Crippen LogP contribution < -0.4 is 0 Å². The Bertz CT molecular complexity index is 665. The van der Waals surface area contributed by atoms with Crippen LogP contribution in [0.25, 0.3) is 0 Å². The Morgan fingerprint density at radius 1 is 1.28 bits per heavy atom. The maximum Gasteiger partial charge on any atom is 0.275 e. The van der Waals surface area contributed by atoms with Gasteiger partial charge < -0.3 is 9.64 Å². The van der Waals surface area contributed by atoms with Crippen LogP contribution in [-0.4, -0.2) is 52.6 Å². The predicted octanol–water partition coefficient (Wildman–Crippen LogP) is 2.41. The Hall–Kier alpha value is -2.21. The zero-order valence-electron chi connectivity index (χ0n) is 14.8. The molecular formula is C19H26N4O2. The number of benzene rings is 1. The molecule has 1 fully saturated rings. The number of carbonyl (C=O) groups is 1. The quantitative estimate of drug-likeness (QED) is 0.775. The van der Waals surface area contributed by atoms with E-state index in [0.29, 0.717) is 11.6 Å². The summed E-state index contributed by atoms with van der Waals surface area (Å²) in [7, 11) is 1.84. The summed E-state index contributed by atoms with van der Waals surface area (Å²) in [5.41, 5.74) is 1.67. The molecule has 134 valence electrons. The van der Waals surface area contributed by atoms with Crippen LogP contribution in [0.5, 0.6) is 0 Å². The predicted molar refractivity (Wildman–Crippen MR) is 95.3 cm³/mol. The summed E-state index contributed by atoms with van der Waals surface area (Å²) in [6.07, 6.45) is 5.83. The average molecular weight is 342 g/mol. The average Bonchev–Trinajstić information content (AvgIpc) is 3.14. The van der Waals surface area contributed by atoms with E-state index in [9.17, 15) is 4.79 Å². The van der Waals surface area contributed by atoms with Crippen molar-refractivity contribution in [2.45, 2.75) is 32.2 Å². The van der Waals surface area contributed by atoms with Crippen molar-refractivity contribution < 1.29 is 9.53 Å². The van der Waals surface area contributed by atoms with Gasteiger partial charge in [-0.05, 0) is 37.2 Å². The van der Waals surface area contributed by atoms with Crippen LogP contribution in [0.2, 0.25) is 0 Å². The summed E-state index contributed by atoms with van der Waals surface area (Å²) in [5, 5.41) is 8.13. The third kappa shape index (κ3) is 5.13. The lowest BCUT2D eigenvalue weighted by atomic mass is 9.96. The van der Waals surface area contributed by atoms with E-state index in [-0.39, 0.29) is 5.91 Å². The Morgan fingerprint density at radius 2 is 2.04 bits per heavy atom. The van der Waals surface area contributed by atoms with Crippen molar-refractivity contribution in [3.8, 4) is 0 Å². The molecule has 2 heterocycles. The summed E-state index contributed by atoms with van der Waals surface area (Å²) in [4.78, 5) is 14.2. The van der Waals surface area contributed by atoms with Gasteiger partial charge in [-0.1, -0.05) is 35.5 Å². The third-order valence-corrected chi connectivity index (χ3v) is 4.79. The van der Waals surface area contributed by atoms with E-state index in [1.54, 1.807) is 15.8 Å². The van der Waals surface area contributed by atoms with Crippen molar-refractivity contribution in [3.63, 3.8) is 0 Å². The van der Waals surface area contributed by atoms with Gasteiger partial charge in [-0.15, -0.1) is 5.10 Å². The minimum absolute atomic E-state index is 0.0574. The fraction of sp³-hybridized carbons (Fsp3) is 0.526. The first kappa shape index (κ1) is 17.6. The van der Waals surface area contributed by atoms with Crippen LogP contribution in [-0.2, 0) is 17.7 Å². The van der Waals surface area contributed by atoms with Gasteiger partial charge in [-0.3, -0.25) is 9.48 Å². The molecule has 0 spiro atoms. The molecule has 0 bridgehead atoms. The third-order valence-electron chi connectivity index (χ3n) is 4.79. The highest BCUT2D eigenvalue weighted by Crippen LogP contribution is 2.18. The molecule has 1 aliphatic rings. The molecule has 3 rings (SSSR count). The second kappa shape index (κ2) is 8.76. The summed E-state index contributed by atoms with van der Waals surface area (Å²) in [6, 6.07) is 10.2. The Balaban J connectivity index is 1.47. The van der Waals surface area contributed by atoms with Crippen molar-refractivity contribution in [2.75, 3.05) is 26.8 Å². The molecule has 2 aromatic rings. The number of hydrogen-bond acceptors (Lipinski definition) is 4. The first-order valence-corrected chi connectivity index (χ1v) is 8.99. The lowest BCUT2D eigenvalue weighted by Crippen LogP contribution is -2.30. The van der Waals surface area contributed by atoms with Gasteiger partial charge in [0.25, 0.3) is 5.91 Å². The maximum atomic E-state index is 12.5. The number of aromatic nitrogens is 3. The number of carbonyl (C=O) groups excluding carboxylic acids is 1. The molecule has 0 atom stereocenters. The molecule has 1 aromatic heterocycles. The number of rotatable bonds is 7. The van der Waals surface area contributed by atoms with Gasteiger partial charge in [0.1, 0.15) is 0 Å². The van der Waals surface area contributed by atoms with E-state index < -0.39 is 0 Å². The van der Waals surface area contributed by atoms with Crippen molar-refractivity contribution in [1.29, 1.82) is 0 Å². The smallest absolute Gasteiger partial charge is 0.275 e. The summed E-state index contributed by atoms with van der Waals surface area (Å²) in [6.45, 7) is 3.16. The number of hydrogen-bond donors (Lipinski definition) is 0. The zero-order chi connectivity index (χ0) is 17.5. The maximum absolute atomic E-state index is 12.5. The van der Waals surface area contributed by atoms with E-state index in [1.165, 1.54) is 5.56 Å². The molecule has 0 saturated carbocycles. The van der Waals surface area contributed by atoms with Gasteiger partial charge in [0.05, 0.1) is 6.20 Å². The standard InChI is InChI=1S/C19H26N4O2/c1-22(11-7-17-9-13-25-14-10-17)19(24)18-15-23(21-20-18)12-8-16-5-3-2-4-6-16/h2-6,15,17H,7-14H2,1H3. The van der Waals surface area contributed by atoms with Gasteiger partial charge in [0.2, 0.25) is 0 Å². The lowest BCUT2D eigenvalue weighted by molar-refractivity contribution is 0.0582. The second-order valence-electron chi connectivity index (χ2n) is 6.67. The van der Waals surface area contributed by atoms with Gasteiger partial charge >= 0.3 is 0 Å². The van der Waals surface area contributed by atoms with Crippen LogP contribution in [0.4, 0.5) is 0 Å². The van der Waals surface area contributed by atoms with Gasteiger partial charge in [0, 0.05) is 33.4 Å². The highest BCUT2D eigenvalue weighted by molar-refractivity contribution is 5.91. The van der Waals surface area contributed by atoms with E-state index in [0.717, 1.165) is 52.0 Å². The van der Waals surface area contributed by atoms with E-state index in [2.05, 4.69) is 22.4 Å². The fourth-order valence-electron chi connectivity index (χ4n) is 3.10. The molecular weight excluding hydrogens is 316 g/mol. The van der Waals surface area contributed by atoms with Crippen LogP contribution in [0.3, 0.4) is 0 Å². The second-order valence-corrected chi connectivity index (χ2v) is 6.67. The number of ether oxygens (including phenoxy) is 1. The van der Waals surface area contributed by atoms with E-state index >= 15 is 0 Å². The van der Waals surface area contributed by atoms with Crippen LogP contribution in [0.1, 0.15) is 35.3 Å². The molecule has 6 nitrogen and oxygen atoms in total. The van der Waals surface area contributed by atoms with Crippen molar-refractivity contribution in [1.82, 2.24) is 19.9 Å². The number of nitrogens with zero attached hydrogens (tertiary/aromatic N) is 4. The monoisotopic (exact) mass is 342 g/mol. The fourth-order valence-corrected chi connectivity index (χ4v) is 3.10. The molecule has 0 aliphatic carbocycles. The normalized spacial score (nSPS) is 15.2. The highest BCUT2D eigenvalue weighted by atomic mass is 16.5. The Morgan fingerprint density at radius 3 is 2.80 bits per heavy atom. The van der Waals surface area contributed by atoms with Gasteiger partial charge in [-0.25, -0.2) is 0 Å². The molecule has 25 heavy (non-hydrogen) atoms. The van der Waals surface area contributed by atoms with Gasteiger partial charge in [0.15, 0.2) is 5.69 Å². The Labute approximate surface area is 148 Å². The molecule has 1 aromatic carbocycles. The highest BCUT2D eigenvalue weighted by Gasteiger charge is 2.19. The van der Waals surface area contributed by atoms with E-state index in [4.69, 9.17) is 4.74 Å². The van der Waals surface area contributed by atoms with Gasteiger partial charge in [-0.2, -0.15) is 0 Å². The van der Waals surface area contributed by atoms with Crippen molar-refractivity contribution >= 4 is 5.91 Å². The summed E-state index contributed by atoms with van der Waals surface area (Å²) >= 11 is 0. The van der Waals surface area contributed by atoms with Crippen LogP contribution in [0, 0.1) is 5.92 Å². The molecule has 1 saturated heterocycles. The number of aryl methyl sites for hydroxylation is 2. The first-order valence-electron chi connectivity index (χ1n) is 8.99. The summed E-state index contributed by atoms with van der Waals surface area (Å²) in [5.74, 6) is 0.601. The van der Waals surface area contributed by atoms with Crippen LogP contribution >= 0.6 is 0 Å². The Kier molecular flexibility index (Phi) is 6.17. The lowest BCUT2D eigenvalue weighted by Gasteiger charge is -2.24. The molecule has 1 amide bonds. The zero-order valence-corrected chi connectivity index (χ0v) is 14.8. The molecule has 0 unspecified atom stereocenters. The summed E-state index contributed by atoms with van der Waals surface area (Å²) < 4.78 is 7.12. The topological polar surface area (TPSA) is 60.2 Å². The molecule has 6 heteroatoms. The van der Waals surface area contributed by atoms with Crippen LogP contribution in [0.15, 0.2) is 36.5 Å². The first-order chi connectivity index (χ1) is 12.2. The minimum atomic E-state index is -0.0574. The van der Waals surface area contributed by atoms with Crippen molar-refractivity contribution in [2.24, 2.45) is 5.92 Å².